The predicted molar refractivity (Wildman–Crippen MR) is 112 cm³/mol. The molecule has 1 unspecified atom stereocenters. The van der Waals surface area contributed by atoms with Crippen molar-refractivity contribution in [2.75, 3.05) is 29.9 Å². The number of carbonyl (C=O) groups is 2. The third-order valence-corrected chi connectivity index (χ3v) is 6.38. The van der Waals surface area contributed by atoms with Crippen molar-refractivity contribution in [3.63, 3.8) is 0 Å². The summed E-state index contributed by atoms with van der Waals surface area (Å²) in [5.41, 5.74) is 1.64. The molecule has 3 heterocycles. The molecular formula is C20H23ClN4O2S. The molecule has 28 heavy (non-hydrogen) atoms. The van der Waals surface area contributed by atoms with Gasteiger partial charge in [0.1, 0.15) is 0 Å². The number of para-hydroxylation sites is 1. The summed E-state index contributed by atoms with van der Waals surface area (Å²) in [4.78, 5) is 33.6. The number of hydrogen-bond acceptors (Lipinski definition) is 5. The first-order valence-electron chi connectivity index (χ1n) is 9.62. The lowest BCUT2D eigenvalue weighted by Gasteiger charge is -2.25. The maximum absolute atomic E-state index is 12.7. The number of piperidine rings is 1. The van der Waals surface area contributed by atoms with Crippen molar-refractivity contribution in [2.45, 2.75) is 32.2 Å². The monoisotopic (exact) mass is 418 g/mol. The standard InChI is InChI=1S/C20H23ClN4O2S/c21-16-6-2-3-7-17(16)25-11-14(10-18(25)26)19(27)23-20-22-15(13-28-20)12-24-8-4-1-5-9-24/h2-3,6-7,13-14H,1,4-5,8-12H2,(H,22,23,27). The Kier molecular flexibility index (Phi) is 5.94. The summed E-state index contributed by atoms with van der Waals surface area (Å²) in [7, 11) is 0. The Balaban J connectivity index is 1.35. The number of hydrogen-bond donors (Lipinski definition) is 1. The first-order chi connectivity index (χ1) is 13.6. The van der Waals surface area contributed by atoms with Gasteiger partial charge in [-0.25, -0.2) is 4.98 Å². The van der Waals surface area contributed by atoms with Crippen LogP contribution in [0.25, 0.3) is 0 Å². The lowest BCUT2D eigenvalue weighted by Crippen LogP contribution is -2.29. The van der Waals surface area contributed by atoms with Gasteiger partial charge in [-0.2, -0.15) is 0 Å². The highest BCUT2D eigenvalue weighted by atomic mass is 35.5. The van der Waals surface area contributed by atoms with E-state index in [1.54, 1.807) is 17.0 Å². The number of aromatic nitrogens is 1. The van der Waals surface area contributed by atoms with Crippen molar-refractivity contribution in [1.82, 2.24) is 9.88 Å². The van der Waals surface area contributed by atoms with Crippen molar-refractivity contribution in [3.8, 4) is 0 Å². The summed E-state index contributed by atoms with van der Waals surface area (Å²) in [5, 5.41) is 6.00. The first-order valence-corrected chi connectivity index (χ1v) is 10.9. The van der Waals surface area contributed by atoms with E-state index in [9.17, 15) is 9.59 Å². The normalized spacial score (nSPS) is 20.5. The van der Waals surface area contributed by atoms with E-state index in [4.69, 9.17) is 11.6 Å². The minimum Gasteiger partial charge on any atom is -0.310 e. The number of nitrogens with zero attached hydrogens (tertiary/aromatic N) is 3. The van der Waals surface area contributed by atoms with Gasteiger partial charge in [0, 0.05) is 24.9 Å². The zero-order valence-electron chi connectivity index (χ0n) is 15.6. The molecule has 0 saturated carbocycles. The molecule has 1 atom stereocenters. The number of anilines is 2. The van der Waals surface area contributed by atoms with Gasteiger partial charge in [0.05, 0.1) is 22.3 Å². The highest BCUT2D eigenvalue weighted by molar-refractivity contribution is 7.13. The third-order valence-electron chi connectivity index (χ3n) is 5.26. The molecule has 6 nitrogen and oxygen atoms in total. The molecule has 0 aliphatic carbocycles. The maximum atomic E-state index is 12.7. The van der Waals surface area contributed by atoms with Crippen LogP contribution in [-0.2, 0) is 16.1 Å². The van der Waals surface area contributed by atoms with E-state index < -0.39 is 5.92 Å². The largest absolute Gasteiger partial charge is 0.310 e. The number of carbonyl (C=O) groups excluding carboxylic acids is 2. The van der Waals surface area contributed by atoms with Crippen molar-refractivity contribution in [1.29, 1.82) is 0 Å². The molecule has 1 aromatic carbocycles. The van der Waals surface area contributed by atoms with Crippen LogP contribution in [0.3, 0.4) is 0 Å². The van der Waals surface area contributed by atoms with Crippen LogP contribution < -0.4 is 10.2 Å². The van der Waals surface area contributed by atoms with Crippen molar-refractivity contribution < 1.29 is 9.59 Å². The fourth-order valence-corrected chi connectivity index (χ4v) is 4.72. The SMILES string of the molecule is O=C(Nc1nc(CN2CCCCC2)cs1)C1CC(=O)N(c2ccccc2Cl)C1. The molecule has 1 N–H and O–H groups in total. The molecular weight excluding hydrogens is 396 g/mol. The summed E-state index contributed by atoms with van der Waals surface area (Å²) >= 11 is 7.64. The van der Waals surface area contributed by atoms with Crippen molar-refractivity contribution in [3.05, 3.63) is 40.4 Å². The molecule has 2 aliphatic rings. The minimum atomic E-state index is -0.404. The molecule has 2 amide bonds. The van der Waals surface area contributed by atoms with E-state index >= 15 is 0 Å². The Morgan fingerprint density at radius 1 is 1.25 bits per heavy atom. The van der Waals surface area contributed by atoms with Crippen molar-refractivity contribution in [2.24, 2.45) is 5.92 Å². The van der Waals surface area contributed by atoms with Gasteiger partial charge in [0.25, 0.3) is 0 Å². The first kappa shape index (κ1) is 19.4. The summed E-state index contributed by atoms with van der Waals surface area (Å²) < 4.78 is 0. The van der Waals surface area contributed by atoms with Crippen LogP contribution in [0, 0.1) is 5.92 Å². The van der Waals surface area contributed by atoms with Gasteiger partial charge >= 0.3 is 0 Å². The van der Waals surface area contributed by atoms with E-state index in [0.29, 0.717) is 22.4 Å². The Bertz CT molecular complexity index is 865. The Morgan fingerprint density at radius 3 is 2.82 bits per heavy atom. The lowest BCUT2D eigenvalue weighted by atomic mass is 10.1. The van der Waals surface area contributed by atoms with E-state index in [1.807, 2.05) is 17.5 Å². The van der Waals surface area contributed by atoms with Crippen LogP contribution in [0.2, 0.25) is 5.02 Å². The second kappa shape index (κ2) is 8.59. The molecule has 2 aliphatic heterocycles. The molecule has 0 radical (unpaired) electrons. The van der Waals surface area contributed by atoms with E-state index in [0.717, 1.165) is 25.3 Å². The van der Waals surface area contributed by atoms with Crippen LogP contribution in [0.15, 0.2) is 29.6 Å². The van der Waals surface area contributed by atoms with Crippen LogP contribution in [0.5, 0.6) is 0 Å². The molecule has 1 aromatic heterocycles. The number of benzene rings is 1. The molecule has 8 heteroatoms. The highest BCUT2D eigenvalue weighted by Crippen LogP contribution is 2.31. The number of likely N-dealkylation sites (tertiary alicyclic amines) is 1. The number of thiazole rings is 1. The third kappa shape index (κ3) is 4.37. The summed E-state index contributed by atoms with van der Waals surface area (Å²) in [5.74, 6) is -0.654. The van der Waals surface area contributed by atoms with Gasteiger partial charge in [-0.1, -0.05) is 30.2 Å². The molecule has 2 fully saturated rings. The minimum absolute atomic E-state index is 0.0850. The van der Waals surface area contributed by atoms with Crippen molar-refractivity contribution >= 4 is 45.6 Å². The Labute approximate surface area is 173 Å². The topological polar surface area (TPSA) is 65.5 Å². The smallest absolute Gasteiger partial charge is 0.231 e. The zero-order chi connectivity index (χ0) is 19.5. The zero-order valence-corrected chi connectivity index (χ0v) is 17.1. The quantitative estimate of drug-likeness (QED) is 0.802. The van der Waals surface area contributed by atoms with Crippen LogP contribution in [0.1, 0.15) is 31.4 Å². The van der Waals surface area contributed by atoms with Gasteiger partial charge in [-0.05, 0) is 38.1 Å². The summed E-state index contributed by atoms with van der Waals surface area (Å²) in [6.45, 7) is 3.39. The van der Waals surface area contributed by atoms with E-state index in [1.165, 1.54) is 30.6 Å². The fourth-order valence-electron chi connectivity index (χ4n) is 3.78. The number of nitrogens with one attached hydrogen (secondary N) is 1. The predicted octanol–water partition coefficient (Wildman–Crippen LogP) is 3.77. The Morgan fingerprint density at radius 2 is 2.04 bits per heavy atom. The molecule has 2 saturated heterocycles. The average Bonchev–Trinajstić information content (AvgIpc) is 3.29. The second-order valence-corrected chi connectivity index (χ2v) is 8.59. The van der Waals surface area contributed by atoms with Gasteiger partial charge in [0.15, 0.2) is 5.13 Å². The van der Waals surface area contributed by atoms with Crippen LogP contribution in [0.4, 0.5) is 10.8 Å². The number of halogens is 1. The number of amides is 2. The van der Waals surface area contributed by atoms with Gasteiger partial charge < -0.3 is 10.2 Å². The maximum Gasteiger partial charge on any atom is 0.231 e. The van der Waals surface area contributed by atoms with Gasteiger partial charge in [0.2, 0.25) is 11.8 Å². The van der Waals surface area contributed by atoms with Crippen LogP contribution in [-0.4, -0.2) is 41.3 Å². The molecule has 0 spiro atoms. The van der Waals surface area contributed by atoms with E-state index in [-0.39, 0.29) is 18.2 Å². The highest BCUT2D eigenvalue weighted by Gasteiger charge is 2.36. The molecule has 148 valence electrons. The van der Waals surface area contributed by atoms with Gasteiger partial charge in [-0.15, -0.1) is 11.3 Å². The van der Waals surface area contributed by atoms with E-state index in [2.05, 4.69) is 15.2 Å². The molecule has 0 bridgehead atoms. The summed E-state index contributed by atoms with van der Waals surface area (Å²) in [6, 6.07) is 7.20. The molecule has 4 rings (SSSR count). The second-order valence-electron chi connectivity index (χ2n) is 7.33. The Hall–Kier alpha value is -1.96. The van der Waals surface area contributed by atoms with Gasteiger partial charge in [-0.3, -0.25) is 14.5 Å². The molecule has 2 aromatic rings. The summed E-state index contributed by atoms with van der Waals surface area (Å²) in [6.07, 6.45) is 3.97. The number of rotatable bonds is 5. The lowest BCUT2D eigenvalue weighted by molar-refractivity contribution is -0.122. The fraction of sp³-hybridized carbons (Fsp3) is 0.450. The average molecular weight is 419 g/mol. The van der Waals surface area contributed by atoms with Crippen LogP contribution >= 0.6 is 22.9 Å².